The van der Waals surface area contributed by atoms with Gasteiger partial charge < -0.3 is 19.7 Å². The number of imidazole rings is 1. The van der Waals surface area contributed by atoms with Crippen molar-refractivity contribution in [3.8, 4) is 11.1 Å². The smallest absolute Gasteiger partial charge is 0.358 e. The number of benzene rings is 2. The molecular formula is C25H29N3O4. The predicted molar refractivity (Wildman–Crippen MR) is 124 cm³/mol. The summed E-state index contributed by atoms with van der Waals surface area (Å²) in [6, 6.07) is 14.8. The second-order valence-electron chi connectivity index (χ2n) is 7.44. The van der Waals surface area contributed by atoms with E-state index < -0.39 is 11.9 Å². The number of nitrogens with one attached hydrogen (secondary N) is 1. The number of unbranched alkanes of at least 4 members (excludes halogenated alkanes) is 1. The lowest BCUT2D eigenvalue weighted by molar-refractivity contribution is 0.0514. The molecule has 0 saturated carbocycles. The molecule has 0 amide bonds. The molecule has 2 N–H and O–H groups in total. The molecule has 0 aliphatic carbocycles. The van der Waals surface area contributed by atoms with Crippen LogP contribution in [0.5, 0.6) is 0 Å². The molecule has 0 spiro atoms. The summed E-state index contributed by atoms with van der Waals surface area (Å²) in [5.41, 5.74) is 2.83. The Morgan fingerprint density at radius 3 is 2.50 bits per heavy atom. The Balaban J connectivity index is 2.07. The van der Waals surface area contributed by atoms with E-state index in [0.717, 1.165) is 29.8 Å². The van der Waals surface area contributed by atoms with Crippen LogP contribution in [0, 0.1) is 0 Å². The maximum Gasteiger partial charge on any atom is 0.358 e. The van der Waals surface area contributed by atoms with Gasteiger partial charge in [0, 0.05) is 20.0 Å². The first kappa shape index (κ1) is 23.1. The van der Waals surface area contributed by atoms with Crippen molar-refractivity contribution < 1.29 is 19.4 Å². The molecule has 0 radical (unpaired) electrons. The monoisotopic (exact) mass is 435 g/mol. The van der Waals surface area contributed by atoms with Crippen molar-refractivity contribution in [3.63, 3.8) is 0 Å². The van der Waals surface area contributed by atoms with Gasteiger partial charge in [-0.1, -0.05) is 55.8 Å². The van der Waals surface area contributed by atoms with Gasteiger partial charge in [-0.05, 0) is 36.1 Å². The molecular weight excluding hydrogens is 406 g/mol. The van der Waals surface area contributed by atoms with Gasteiger partial charge in [0.2, 0.25) is 0 Å². The topological polar surface area (TPSA) is 93.5 Å². The van der Waals surface area contributed by atoms with Gasteiger partial charge in [-0.25, -0.2) is 14.6 Å². The summed E-state index contributed by atoms with van der Waals surface area (Å²) in [6.07, 6.45) is 2.62. The van der Waals surface area contributed by atoms with E-state index in [2.05, 4.69) is 17.2 Å². The van der Waals surface area contributed by atoms with Gasteiger partial charge in [-0.2, -0.15) is 0 Å². The number of carbonyl (C=O) groups is 2. The van der Waals surface area contributed by atoms with Crippen molar-refractivity contribution in [2.24, 2.45) is 0 Å². The van der Waals surface area contributed by atoms with E-state index in [1.165, 1.54) is 0 Å². The zero-order chi connectivity index (χ0) is 23.1. The molecule has 7 heteroatoms. The number of hydrogen-bond acceptors (Lipinski definition) is 5. The SMILES string of the molecule is CCCCc1nc(NC)c(C(=O)OCC)n1Cc1ccc(-c2ccccc2)c(C(=O)O)c1. The van der Waals surface area contributed by atoms with E-state index in [-0.39, 0.29) is 12.2 Å². The summed E-state index contributed by atoms with van der Waals surface area (Å²) in [5, 5.41) is 12.8. The molecule has 0 aliphatic rings. The molecule has 0 atom stereocenters. The second kappa shape index (κ2) is 10.6. The Bertz CT molecular complexity index is 1090. The molecule has 1 aromatic heterocycles. The summed E-state index contributed by atoms with van der Waals surface area (Å²) in [4.78, 5) is 29.4. The Morgan fingerprint density at radius 2 is 1.88 bits per heavy atom. The van der Waals surface area contributed by atoms with Gasteiger partial charge in [0.25, 0.3) is 0 Å². The molecule has 3 aromatic rings. The van der Waals surface area contributed by atoms with Gasteiger partial charge in [0.05, 0.1) is 12.2 Å². The van der Waals surface area contributed by atoms with Crippen LogP contribution in [0.4, 0.5) is 5.82 Å². The van der Waals surface area contributed by atoms with Crippen LogP contribution in [-0.2, 0) is 17.7 Å². The van der Waals surface area contributed by atoms with E-state index in [9.17, 15) is 14.7 Å². The van der Waals surface area contributed by atoms with Gasteiger partial charge in [-0.15, -0.1) is 0 Å². The highest BCUT2D eigenvalue weighted by Gasteiger charge is 2.24. The molecule has 7 nitrogen and oxygen atoms in total. The molecule has 0 unspecified atom stereocenters. The Labute approximate surface area is 188 Å². The first-order valence-electron chi connectivity index (χ1n) is 10.9. The van der Waals surface area contributed by atoms with Crippen molar-refractivity contribution in [2.75, 3.05) is 19.0 Å². The largest absolute Gasteiger partial charge is 0.478 e. The number of rotatable bonds is 10. The van der Waals surface area contributed by atoms with Crippen molar-refractivity contribution in [3.05, 3.63) is 71.2 Å². The first-order chi connectivity index (χ1) is 15.5. The molecule has 2 aromatic carbocycles. The average Bonchev–Trinajstić information content (AvgIpc) is 3.15. The van der Waals surface area contributed by atoms with Crippen LogP contribution < -0.4 is 5.32 Å². The number of carboxylic acids is 1. The standard InChI is InChI=1S/C25H29N3O4/c1-4-6-12-21-27-23(26-3)22(25(31)32-5-2)28(21)16-17-13-14-19(20(15-17)24(29)30)18-10-8-7-9-11-18/h7-11,13-15,26H,4-6,12,16H2,1-3H3,(H,29,30). The molecule has 0 bridgehead atoms. The fourth-order valence-corrected chi connectivity index (χ4v) is 3.69. The zero-order valence-electron chi connectivity index (χ0n) is 18.7. The van der Waals surface area contributed by atoms with Crippen molar-refractivity contribution in [2.45, 2.75) is 39.7 Å². The number of aromatic carboxylic acids is 1. The number of ether oxygens (including phenoxy) is 1. The van der Waals surface area contributed by atoms with Gasteiger partial charge in [0.1, 0.15) is 5.82 Å². The quantitative estimate of drug-likeness (QED) is 0.442. The highest BCUT2D eigenvalue weighted by atomic mass is 16.5. The lowest BCUT2D eigenvalue weighted by atomic mass is 9.97. The van der Waals surface area contributed by atoms with Gasteiger partial charge in [0.15, 0.2) is 11.5 Å². The van der Waals surface area contributed by atoms with Crippen LogP contribution in [0.1, 0.15) is 58.9 Å². The van der Waals surface area contributed by atoms with E-state index in [0.29, 0.717) is 30.0 Å². The van der Waals surface area contributed by atoms with Gasteiger partial charge in [-0.3, -0.25) is 0 Å². The summed E-state index contributed by atoms with van der Waals surface area (Å²) in [5.74, 6) is -0.215. The number of hydrogen-bond donors (Lipinski definition) is 2. The Morgan fingerprint density at radius 1 is 1.12 bits per heavy atom. The number of carbonyl (C=O) groups excluding carboxylic acids is 1. The minimum Gasteiger partial charge on any atom is -0.478 e. The van der Waals surface area contributed by atoms with Crippen LogP contribution in [-0.4, -0.2) is 40.3 Å². The highest BCUT2D eigenvalue weighted by molar-refractivity contribution is 5.96. The molecule has 3 rings (SSSR count). The summed E-state index contributed by atoms with van der Waals surface area (Å²) >= 11 is 0. The normalized spacial score (nSPS) is 10.7. The highest BCUT2D eigenvalue weighted by Crippen LogP contribution is 2.27. The predicted octanol–water partition coefficient (Wildman–Crippen LogP) is 4.86. The van der Waals surface area contributed by atoms with Gasteiger partial charge >= 0.3 is 11.9 Å². The maximum absolute atomic E-state index is 12.7. The molecule has 0 fully saturated rings. The third kappa shape index (κ3) is 4.99. The molecule has 0 saturated heterocycles. The van der Waals surface area contributed by atoms with Crippen LogP contribution in [0.2, 0.25) is 0 Å². The van der Waals surface area contributed by atoms with Crippen molar-refractivity contribution in [1.82, 2.24) is 9.55 Å². The number of carboxylic acid groups (broad SMARTS) is 1. The van der Waals surface area contributed by atoms with Crippen LogP contribution in [0.15, 0.2) is 48.5 Å². The van der Waals surface area contributed by atoms with Crippen molar-refractivity contribution >= 4 is 17.8 Å². The number of esters is 1. The van der Waals surface area contributed by atoms with Crippen LogP contribution in [0.3, 0.4) is 0 Å². The van der Waals surface area contributed by atoms with E-state index in [4.69, 9.17) is 4.74 Å². The zero-order valence-corrected chi connectivity index (χ0v) is 18.7. The Hall–Kier alpha value is -3.61. The molecule has 168 valence electrons. The Kier molecular flexibility index (Phi) is 7.65. The van der Waals surface area contributed by atoms with Crippen LogP contribution >= 0.6 is 0 Å². The third-order valence-electron chi connectivity index (χ3n) is 5.25. The number of nitrogens with zero attached hydrogens (tertiary/aromatic N) is 2. The molecule has 32 heavy (non-hydrogen) atoms. The second-order valence-corrected chi connectivity index (χ2v) is 7.44. The number of aromatic nitrogens is 2. The molecule has 0 aliphatic heterocycles. The summed E-state index contributed by atoms with van der Waals surface area (Å²) in [7, 11) is 1.72. The van der Waals surface area contributed by atoms with Crippen molar-refractivity contribution in [1.29, 1.82) is 0 Å². The van der Waals surface area contributed by atoms with E-state index >= 15 is 0 Å². The number of aryl methyl sites for hydroxylation is 1. The van der Waals surface area contributed by atoms with E-state index in [1.807, 2.05) is 47.0 Å². The minimum atomic E-state index is -0.996. The maximum atomic E-state index is 12.7. The lowest BCUT2D eigenvalue weighted by Crippen LogP contribution is -2.16. The number of anilines is 1. The van der Waals surface area contributed by atoms with E-state index in [1.54, 1.807) is 20.0 Å². The summed E-state index contributed by atoms with van der Waals surface area (Å²) < 4.78 is 7.11. The average molecular weight is 436 g/mol. The third-order valence-corrected chi connectivity index (χ3v) is 5.25. The lowest BCUT2D eigenvalue weighted by Gasteiger charge is -2.14. The fourth-order valence-electron chi connectivity index (χ4n) is 3.69. The fraction of sp³-hybridized carbons (Fsp3) is 0.320. The minimum absolute atomic E-state index is 0.218. The summed E-state index contributed by atoms with van der Waals surface area (Å²) in [6.45, 7) is 4.43. The van der Waals surface area contributed by atoms with Crippen LogP contribution in [0.25, 0.3) is 11.1 Å². The first-order valence-corrected chi connectivity index (χ1v) is 10.9. The molecule has 1 heterocycles.